The summed E-state index contributed by atoms with van der Waals surface area (Å²) in [5.74, 6) is -0.772. The number of hydrogen-bond acceptors (Lipinski definition) is 3. The van der Waals surface area contributed by atoms with Crippen molar-refractivity contribution in [2.24, 2.45) is 0 Å². The van der Waals surface area contributed by atoms with Crippen molar-refractivity contribution in [3.05, 3.63) is 11.6 Å². The Morgan fingerprint density at radius 2 is 2.06 bits per heavy atom. The van der Waals surface area contributed by atoms with Gasteiger partial charge in [0.15, 0.2) is 0 Å². The Balaban J connectivity index is 1.93. The van der Waals surface area contributed by atoms with Crippen molar-refractivity contribution < 1.29 is 9.90 Å². The van der Waals surface area contributed by atoms with E-state index >= 15 is 0 Å². The number of aliphatic carboxylic acids is 1. The minimum absolute atomic E-state index is 0.540. The summed E-state index contributed by atoms with van der Waals surface area (Å²) in [5.41, 5.74) is 0.540. The number of likely N-dealkylation sites (tertiary alicyclic amines) is 1. The molecule has 0 spiro atoms. The summed E-state index contributed by atoms with van der Waals surface area (Å²) < 4.78 is 0. The fourth-order valence-corrected chi connectivity index (χ4v) is 3.17. The van der Waals surface area contributed by atoms with Crippen LogP contribution < -0.4 is 0 Å². The van der Waals surface area contributed by atoms with E-state index in [-0.39, 0.29) is 0 Å². The molecule has 2 saturated heterocycles. The molecular formula is C14H24N2O2. The first-order valence-electron chi connectivity index (χ1n) is 6.98. The zero-order valence-electron chi connectivity index (χ0n) is 11.4. The Labute approximate surface area is 109 Å². The second-order valence-corrected chi connectivity index (χ2v) is 5.49. The van der Waals surface area contributed by atoms with Crippen molar-refractivity contribution in [3.8, 4) is 0 Å². The molecule has 2 heterocycles. The smallest absolute Gasteiger partial charge is 0.331 e. The van der Waals surface area contributed by atoms with Crippen LogP contribution in [0.5, 0.6) is 0 Å². The number of carbonyl (C=O) groups is 1. The first-order chi connectivity index (χ1) is 8.61. The summed E-state index contributed by atoms with van der Waals surface area (Å²) >= 11 is 0. The Morgan fingerprint density at radius 1 is 1.33 bits per heavy atom. The average molecular weight is 252 g/mol. The van der Waals surface area contributed by atoms with Crippen LogP contribution in [0.4, 0.5) is 0 Å². The molecule has 2 aliphatic heterocycles. The van der Waals surface area contributed by atoms with Gasteiger partial charge in [-0.05, 0) is 32.7 Å². The number of carboxylic acid groups (broad SMARTS) is 1. The molecule has 2 rings (SSSR count). The van der Waals surface area contributed by atoms with Crippen LogP contribution >= 0.6 is 0 Å². The van der Waals surface area contributed by atoms with E-state index in [4.69, 9.17) is 5.11 Å². The normalized spacial score (nSPS) is 30.4. The topological polar surface area (TPSA) is 43.8 Å². The monoisotopic (exact) mass is 252 g/mol. The predicted octanol–water partition coefficient (Wildman–Crippen LogP) is 1.58. The molecule has 2 unspecified atom stereocenters. The number of rotatable bonds is 4. The molecule has 0 saturated carbocycles. The summed E-state index contributed by atoms with van der Waals surface area (Å²) in [7, 11) is 2.23. The average Bonchev–Trinajstić information content (AvgIpc) is 2.56. The number of carboxylic acids is 1. The van der Waals surface area contributed by atoms with Gasteiger partial charge < -0.3 is 5.11 Å². The second kappa shape index (κ2) is 5.85. The zero-order valence-corrected chi connectivity index (χ0v) is 11.4. The van der Waals surface area contributed by atoms with E-state index in [0.29, 0.717) is 18.0 Å². The second-order valence-electron chi connectivity index (χ2n) is 5.49. The molecule has 0 aromatic carbocycles. The molecule has 18 heavy (non-hydrogen) atoms. The maximum Gasteiger partial charge on any atom is 0.331 e. The van der Waals surface area contributed by atoms with Gasteiger partial charge in [-0.1, -0.05) is 13.0 Å². The molecule has 0 aromatic heterocycles. The van der Waals surface area contributed by atoms with Crippen LogP contribution in [0.3, 0.4) is 0 Å². The summed E-state index contributed by atoms with van der Waals surface area (Å²) in [6.45, 7) is 4.86. The maximum absolute atomic E-state index is 11.0. The third-order valence-electron chi connectivity index (χ3n) is 4.48. The van der Waals surface area contributed by atoms with E-state index in [9.17, 15) is 4.79 Å². The zero-order chi connectivity index (χ0) is 13.1. The molecule has 1 N–H and O–H groups in total. The molecule has 0 aromatic rings. The maximum atomic E-state index is 11.0. The van der Waals surface area contributed by atoms with Gasteiger partial charge in [0.25, 0.3) is 0 Å². The van der Waals surface area contributed by atoms with Crippen LogP contribution in [0.2, 0.25) is 0 Å². The van der Waals surface area contributed by atoms with Gasteiger partial charge in [-0.25, -0.2) is 4.79 Å². The Bertz CT molecular complexity index is 341. The van der Waals surface area contributed by atoms with Gasteiger partial charge in [0.1, 0.15) is 0 Å². The van der Waals surface area contributed by atoms with Crippen LogP contribution in [0.1, 0.15) is 32.6 Å². The minimum atomic E-state index is -0.772. The Hall–Kier alpha value is -0.870. The highest BCUT2D eigenvalue weighted by molar-refractivity contribution is 5.86. The van der Waals surface area contributed by atoms with E-state index in [0.717, 1.165) is 25.7 Å². The van der Waals surface area contributed by atoms with Gasteiger partial charge in [0, 0.05) is 37.3 Å². The SMILES string of the molecule is CCC(=CCN1CCC2CCC(C1)N2C)C(=O)O. The first kappa shape index (κ1) is 13.6. The van der Waals surface area contributed by atoms with Crippen molar-refractivity contribution in [2.45, 2.75) is 44.7 Å². The summed E-state index contributed by atoms with van der Waals surface area (Å²) in [5, 5.41) is 9.01. The fourth-order valence-electron chi connectivity index (χ4n) is 3.17. The summed E-state index contributed by atoms with van der Waals surface area (Å²) in [6, 6.07) is 1.41. The van der Waals surface area contributed by atoms with Crippen LogP contribution in [0.15, 0.2) is 11.6 Å². The van der Waals surface area contributed by atoms with Gasteiger partial charge in [-0.15, -0.1) is 0 Å². The molecule has 4 nitrogen and oxygen atoms in total. The Kier molecular flexibility index (Phi) is 4.40. The number of nitrogens with zero attached hydrogens (tertiary/aromatic N) is 2. The van der Waals surface area contributed by atoms with Gasteiger partial charge in [-0.3, -0.25) is 9.80 Å². The van der Waals surface area contributed by atoms with Gasteiger partial charge in [-0.2, -0.15) is 0 Å². The summed E-state index contributed by atoms with van der Waals surface area (Å²) in [4.78, 5) is 15.9. The van der Waals surface area contributed by atoms with E-state index in [1.807, 2.05) is 13.0 Å². The van der Waals surface area contributed by atoms with Crippen molar-refractivity contribution in [1.29, 1.82) is 0 Å². The molecular weight excluding hydrogens is 228 g/mol. The van der Waals surface area contributed by atoms with E-state index < -0.39 is 5.97 Å². The molecule has 102 valence electrons. The molecule has 0 radical (unpaired) electrons. The van der Waals surface area contributed by atoms with E-state index in [1.54, 1.807) is 0 Å². The van der Waals surface area contributed by atoms with Crippen molar-refractivity contribution in [1.82, 2.24) is 9.80 Å². The van der Waals surface area contributed by atoms with Crippen LogP contribution in [-0.2, 0) is 4.79 Å². The third kappa shape index (κ3) is 2.93. The van der Waals surface area contributed by atoms with E-state index in [1.165, 1.54) is 19.3 Å². The predicted molar refractivity (Wildman–Crippen MR) is 71.6 cm³/mol. The highest BCUT2D eigenvalue weighted by Gasteiger charge is 2.34. The first-order valence-corrected chi connectivity index (χ1v) is 6.98. The van der Waals surface area contributed by atoms with Gasteiger partial charge in [0.05, 0.1) is 0 Å². The standard InChI is InChI=1S/C14H24N2O2/c1-3-11(14(17)18)6-8-16-9-7-12-4-5-13(10-16)15(12)2/h6,12-13H,3-5,7-10H2,1-2H3,(H,17,18). The van der Waals surface area contributed by atoms with Crippen LogP contribution in [-0.4, -0.2) is 59.6 Å². The molecule has 2 atom stereocenters. The minimum Gasteiger partial charge on any atom is -0.478 e. The lowest BCUT2D eigenvalue weighted by Gasteiger charge is -2.24. The number of fused-ring (bicyclic) bond motifs is 2. The molecule has 0 amide bonds. The number of likely N-dealkylation sites (N-methyl/N-ethyl adjacent to an activating group) is 1. The molecule has 2 bridgehead atoms. The summed E-state index contributed by atoms with van der Waals surface area (Å²) in [6.07, 6.45) is 6.34. The molecule has 0 aliphatic carbocycles. The van der Waals surface area contributed by atoms with Crippen molar-refractivity contribution in [2.75, 3.05) is 26.7 Å². The lowest BCUT2D eigenvalue weighted by Crippen LogP contribution is -2.36. The highest BCUT2D eigenvalue weighted by Crippen LogP contribution is 2.28. The van der Waals surface area contributed by atoms with Crippen molar-refractivity contribution >= 4 is 5.97 Å². The fraction of sp³-hybridized carbons (Fsp3) is 0.786. The van der Waals surface area contributed by atoms with Gasteiger partial charge >= 0.3 is 5.97 Å². The lowest BCUT2D eigenvalue weighted by molar-refractivity contribution is -0.132. The molecule has 2 fully saturated rings. The largest absolute Gasteiger partial charge is 0.478 e. The molecule has 4 heteroatoms. The van der Waals surface area contributed by atoms with Crippen LogP contribution in [0, 0.1) is 0 Å². The van der Waals surface area contributed by atoms with Gasteiger partial charge in [0.2, 0.25) is 0 Å². The number of hydrogen-bond donors (Lipinski definition) is 1. The highest BCUT2D eigenvalue weighted by atomic mass is 16.4. The lowest BCUT2D eigenvalue weighted by atomic mass is 10.1. The third-order valence-corrected chi connectivity index (χ3v) is 4.48. The van der Waals surface area contributed by atoms with Crippen LogP contribution in [0.25, 0.3) is 0 Å². The quantitative estimate of drug-likeness (QED) is 0.771. The van der Waals surface area contributed by atoms with Crippen molar-refractivity contribution in [3.63, 3.8) is 0 Å². The van der Waals surface area contributed by atoms with E-state index in [2.05, 4.69) is 16.8 Å². The molecule has 2 aliphatic rings. The Morgan fingerprint density at radius 3 is 2.72 bits per heavy atom.